The van der Waals surface area contributed by atoms with Gasteiger partial charge in [-0.05, 0) is 27.7 Å². The van der Waals surface area contributed by atoms with Crippen LogP contribution in [0.5, 0.6) is 0 Å². The zero-order valence-electron chi connectivity index (χ0n) is 13.2. The van der Waals surface area contributed by atoms with E-state index < -0.39 is 13.6 Å². The van der Waals surface area contributed by atoms with Crippen molar-refractivity contribution in [1.82, 2.24) is 0 Å². The first-order valence-electron chi connectivity index (χ1n) is 7.07. The number of furan rings is 1. The molecule has 0 atom stereocenters. The molecule has 0 radical (unpaired) electrons. The van der Waals surface area contributed by atoms with Gasteiger partial charge in [-0.3, -0.25) is 4.57 Å². The number of hydrogen-bond donors (Lipinski definition) is 0. The van der Waals surface area contributed by atoms with E-state index in [1.54, 1.807) is 20.8 Å². The molecule has 0 aromatic carbocycles. The van der Waals surface area contributed by atoms with Gasteiger partial charge in [0.25, 0.3) is 0 Å². The van der Waals surface area contributed by atoms with Gasteiger partial charge >= 0.3 is 13.6 Å². The van der Waals surface area contributed by atoms with Gasteiger partial charge in [-0.15, -0.1) is 0 Å². The lowest BCUT2D eigenvalue weighted by molar-refractivity contribution is -0.107. The van der Waals surface area contributed by atoms with Crippen molar-refractivity contribution in [2.24, 2.45) is 0 Å². The Labute approximate surface area is 129 Å². The van der Waals surface area contributed by atoms with Crippen molar-refractivity contribution in [3.63, 3.8) is 0 Å². The minimum atomic E-state index is -3.79. The van der Waals surface area contributed by atoms with E-state index in [4.69, 9.17) is 18.2 Å². The minimum absolute atomic E-state index is 0.00364. The number of carbonyl (C=O) groups is 2. The molecule has 22 heavy (non-hydrogen) atoms. The zero-order chi connectivity index (χ0) is 16.8. The lowest BCUT2D eigenvalue weighted by atomic mass is 10.2. The highest BCUT2D eigenvalue weighted by Crippen LogP contribution is 2.49. The fourth-order valence-corrected chi connectivity index (χ4v) is 4.02. The molecule has 0 spiro atoms. The summed E-state index contributed by atoms with van der Waals surface area (Å²) in [7, 11) is -3.79. The Morgan fingerprint density at radius 1 is 1.18 bits per heavy atom. The summed E-state index contributed by atoms with van der Waals surface area (Å²) in [5.41, 5.74) is 0.00364. The Kier molecular flexibility index (Phi) is 7.00. The molecule has 1 aromatic rings. The number of aldehydes is 1. The molecule has 0 aliphatic carbocycles. The van der Waals surface area contributed by atoms with E-state index in [0.29, 0.717) is 6.29 Å². The summed E-state index contributed by atoms with van der Waals surface area (Å²) in [6.07, 6.45) is 0.457. The van der Waals surface area contributed by atoms with Crippen LogP contribution in [0.15, 0.2) is 4.42 Å². The predicted molar refractivity (Wildman–Crippen MR) is 79.7 cm³/mol. The molecule has 0 saturated carbocycles. The maximum atomic E-state index is 13.0. The number of rotatable bonds is 9. The van der Waals surface area contributed by atoms with Crippen molar-refractivity contribution in [2.75, 3.05) is 19.8 Å². The Hall–Kier alpha value is -1.43. The first-order valence-corrected chi connectivity index (χ1v) is 8.62. The van der Waals surface area contributed by atoms with Crippen LogP contribution in [-0.2, 0) is 29.6 Å². The maximum Gasteiger partial charge on any atom is 0.365 e. The topological polar surface area (TPSA) is 92.0 Å². The molecule has 0 amide bonds. The third-order valence-electron chi connectivity index (χ3n) is 2.75. The van der Waals surface area contributed by atoms with Gasteiger partial charge in [0.05, 0.1) is 26.2 Å². The van der Waals surface area contributed by atoms with Gasteiger partial charge in [0.1, 0.15) is 28.7 Å². The third-order valence-corrected chi connectivity index (χ3v) is 4.97. The van der Waals surface area contributed by atoms with E-state index in [0.717, 1.165) is 0 Å². The van der Waals surface area contributed by atoms with Crippen molar-refractivity contribution in [3.8, 4) is 0 Å². The summed E-state index contributed by atoms with van der Waals surface area (Å²) in [5.74, 6) is -0.374. The van der Waals surface area contributed by atoms with Crippen LogP contribution in [0.2, 0.25) is 0 Å². The number of hydrogen-bond acceptors (Lipinski definition) is 7. The summed E-state index contributed by atoms with van der Waals surface area (Å²) >= 11 is 0. The van der Waals surface area contributed by atoms with Crippen LogP contribution >= 0.6 is 7.60 Å². The van der Waals surface area contributed by atoms with E-state index in [9.17, 15) is 14.2 Å². The minimum Gasteiger partial charge on any atom is -0.464 e. The lowest BCUT2D eigenvalue weighted by Gasteiger charge is -2.17. The van der Waals surface area contributed by atoms with Gasteiger partial charge < -0.3 is 23.0 Å². The Morgan fingerprint density at radius 3 is 2.23 bits per heavy atom. The molecule has 8 heteroatoms. The first-order chi connectivity index (χ1) is 10.4. The van der Waals surface area contributed by atoms with Gasteiger partial charge in [0.2, 0.25) is 0 Å². The van der Waals surface area contributed by atoms with Crippen LogP contribution in [0.1, 0.15) is 42.6 Å². The van der Waals surface area contributed by atoms with Gasteiger partial charge in [-0.1, -0.05) is 0 Å². The normalized spacial score (nSPS) is 11.5. The third kappa shape index (κ3) is 3.85. The molecule has 1 heterocycles. The molecule has 0 aliphatic heterocycles. The average molecular weight is 332 g/mol. The maximum absolute atomic E-state index is 13.0. The van der Waals surface area contributed by atoms with Crippen LogP contribution in [0.4, 0.5) is 0 Å². The molecule has 7 nitrogen and oxygen atoms in total. The van der Waals surface area contributed by atoms with Gasteiger partial charge in [-0.2, -0.15) is 0 Å². The smallest absolute Gasteiger partial charge is 0.365 e. The summed E-state index contributed by atoms with van der Waals surface area (Å²) < 4.78 is 34.0. The standard InChI is InChI=1S/C14H21O7P/c1-5-18-14(16)12-10(4)21-11(8-9-15)13(12)22(17,19-6-2)20-7-3/h9H,5-8H2,1-4H3. The van der Waals surface area contributed by atoms with Crippen molar-refractivity contribution < 1.29 is 32.4 Å². The molecule has 1 aromatic heterocycles. The summed E-state index contributed by atoms with van der Waals surface area (Å²) in [6, 6.07) is 0. The van der Waals surface area contributed by atoms with Gasteiger partial charge in [-0.25, -0.2) is 4.79 Å². The Bertz CT molecular complexity index is 566. The summed E-state index contributed by atoms with van der Waals surface area (Å²) in [4.78, 5) is 23.0. The molecule has 124 valence electrons. The molecule has 1 rings (SSSR count). The van der Waals surface area contributed by atoms with E-state index in [-0.39, 0.29) is 48.6 Å². The molecule has 0 saturated heterocycles. The van der Waals surface area contributed by atoms with E-state index in [2.05, 4.69) is 0 Å². The molecular weight excluding hydrogens is 311 g/mol. The SMILES string of the molecule is CCOC(=O)c1c(C)oc(CC=O)c1P(=O)(OCC)OCC. The first kappa shape index (κ1) is 18.6. The quantitative estimate of drug-likeness (QED) is 0.389. The monoisotopic (exact) mass is 332 g/mol. The second-order valence-corrected chi connectivity index (χ2v) is 6.19. The highest BCUT2D eigenvalue weighted by Gasteiger charge is 2.39. The van der Waals surface area contributed by atoms with Crippen molar-refractivity contribution in [2.45, 2.75) is 34.1 Å². The molecule has 0 aliphatic rings. The van der Waals surface area contributed by atoms with Gasteiger partial charge in [0, 0.05) is 0 Å². The second kappa shape index (κ2) is 8.27. The second-order valence-electron chi connectivity index (χ2n) is 4.23. The fraction of sp³-hybridized carbons (Fsp3) is 0.571. The van der Waals surface area contributed by atoms with E-state index in [1.807, 2.05) is 0 Å². The lowest BCUT2D eigenvalue weighted by Crippen LogP contribution is -2.22. The highest BCUT2D eigenvalue weighted by atomic mass is 31.2. The average Bonchev–Trinajstić information content (AvgIpc) is 2.77. The van der Waals surface area contributed by atoms with Crippen molar-refractivity contribution in [3.05, 3.63) is 17.1 Å². The fourth-order valence-electron chi connectivity index (χ4n) is 2.04. The Balaban J connectivity index is 3.54. The van der Waals surface area contributed by atoms with E-state index in [1.165, 1.54) is 6.92 Å². The van der Waals surface area contributed by atoms with Crippen LogP contribution in [-0.4, -0.2) is 32.1 Å². The summed E-state index contributed by atoms with van der Waals surface area (Å²) in [6.45, 7) is 6.88. The molecule has 0 N–H and O–H groups in total. The zero-order valence-corrected chi connectivity index (χ0v) is 14.1. The number of aryl methyl sites for hydroxylation is 1. The molecule has 0 bridgehead atoms. The Morgan fingerprint density at radius 2 is 1.77 bits per heavy atom. The molecular formula is C14H21O7P. The van der Waals surface area contributed by atoms with Crippen LogP contribution < -0.4 is 5.30 Å². The van der Waals surface area contributed by atoms with Crippen LogP contribution in [0.25, 0.3) is 0 Å². The van der Waals surface area contributed by atoms with Crippen molar-refractivity contribution in [1.29, 1.82) is 0 Å². The number of ether oxygens (including phenoxy) is 1. The van der Waals surface area contributed by atoms with Crippen molar-refractivity contribution >= 4 is 25.2 Å². The molecule has 0 fully saturated rings. The van der Waals surface area contributed by atoms with Crippen LogP contribution in [0.3, 0.4) is 0 Å². The molecule has 0 unspecified atom stereocenters. The highest BCUT2D eigenvalue weighted by molar-refractivity contribution is 7.62. The largest absolute Gasteiger partial charge is 0.464 e. The number of esters is 1. The number of carbonyl (C=O) groups excluding carboxylic acids is 2. The predicted octanol–water partition coefficient (Wildman–Crippen LogP) is 2.40. The summed E-state index contributed by atoms with van der Waals surface area (Å²) in [5, 5.41) is -0.0146. The van der Waals surface area contributed by atoms with Gasteiger partial charge in [0.15, 0.2) is 0 Å². The van der Waals surface area contributed by atoms with E-state index >= 15 is 0 Å². The van der Waals surface area contributed by atoms with Crippen LogP contribution in [0, 0.1) is 6.92 Å².